The van der Waals surface area contributed by atoms with E-state index in [2.05, 4.69) is 15.6 Å². The Morgan fingerprint density at radius 2 is 2.10 bits per heavy atom. The molecule has 0 bridgehead atoms. The Morgan fingerprint density at radius 3 is 2.80 bits per heavy atom. The van der Waals surface area contributed by atoms with Gasteiger partial charge in [0.05, 0.1) is 31.5 Å². The monoisotopic (exact) mass is 428 g/mol. The highest BCUT2D eigenvalue weighted by atomic mass is 32.1. The molecule has 30 heavy (non-hydrogen) atoms. The van der Waals surface area contributed by atoms with Crippen LogP contribution < -0.4 is 15.4 Å². The van der Waals surface area contributed by atoms with E-state index in [1.807, 2.05) is 43.3 Å². The van der Waals surface area contributed by atoms with Crippen molar-refractivity contribution in [1.82, 2.24) is 15.2 Å². The minimum atomic E-state index is -0.377. The molecule has 1 unspecified atom stereocenters. The molecule has 2 N–H and O–H groups in total. The number of hydrogen-bond donors (Lipinski definition) is 2. The van der Waals surface area contributed by atoms with Crippen LogP contribution in [0, 0.1) is 0 Å². The van der Waals surface area contributed by atoms with Crippen LogP contribution in [0.4, 0.5) is 5.13 Å². The van der Waals surface area contributed by atoms with Crippen LogP contribution in [-0.4, -0.2) is 49.4 Å². The summed E-state index contributed by atoms with van der Waals surface area (Å²) in [5.41, 5.74) is 1.64. The van der Waals surface area contributed by atoms with Gasteiger partial charge in [-0.05, 0) is 43.9 Å². The van der Waals surface area contributed by atoms with E-state index in [-0.39, 0.29) is 30.0 Å². The van der Waals surface area contributed by atoms with Gasteiger partial charge in [-0.1, -0.05) is 12.1 Å². The molecule has 1 atom stereocenters. The second-order valence-corrected chi connectivity index (χ2v) is 7.67. The van der Waals surface area contributed by atoms with Crippen molar-refractivity contribution in [3.8, 4) is 5.75 Å². The van der Waals surface area contributed by atoms with Crippen molar-refractivity contribution in [2.24, 2.45) is 0 Å². The maximum Gasteiger partial charge on any atom is 0.293 e. The molecule has 0 saturated carbocycles. The molecule has 0 aliphatic carbocycles. The molecule has 1 aromatic carbocycles. The van der Waals surface area contributed by atoms with E-state index < -0.39 is 0 Å². The summed E-state index contributed by atoms with van der Waals surface area (Å²) in [6, 6.07) is 11.0. The fourth-order valence-corrected chi connectivity index (χ4v) is 3.60. The van der Waals surface area contributed by atoms with Crippen LogP contribution in [-0.2, 0) is 11.2 Å². The van der Waals surface area contributed by atoms with E-state index in [4.69, 9.17) is 9.15 Å². The van der Waals surface area contributed by atoms with E-state index in [0.717, 1.165) is 11.3 Å². The van der Waals surface area contributed by atoms with Crippen LogP contribution in [0.3, 0.4) is 0 Å². The second kappa shape index (κ2) is 10.0. The fourth-order valence-electron chi connectivity index (χ4n) is 2.90. The summed E-state index contributed by atoms with van der Waals surface area (Å²) in [7, 11) is 5.56. The molecule has 0 radical (unpaired) electrons. The molecular formula is C21H24N4O4S. The third kappa shape index (κ3) is 5.68. The highest BCUT2D eigenvalue weighted by Crippen LogP contribution is 2.22. The number of likely N-dealkylation sites (N-methyl/N-ethyl adjacent to an activating group) is 1. The quantitative estimate of drug-likeness (QED) is 0.544. The van der Waals surface area contributed by atoms with E-state index >= 15 is 0 Å². The molecule has 0 saturated heterocycles. The van der Waals surface area contributed by atoms with Crippen molar-refractivity contribution in [3.05, 3.63) is 65.1 Å². The number of hydrogen-bond acceptors (Lipinski definition) is 7. The van der Waals surface area contributed by atoms with Crippen molar-refractivity contribution >= 4 is 28.3 Å². The first-order chi connectivity index (χ1) is 14.5. The molecule has 0 spiro atoms. The van der Waals surface area contributed by atoms with Crippen molar-refractivity contribution in [2.75, 3.05) is 33.1 Å². The Kier molecular flexibility index (Phi) is 7.21. The summed E-state index contributed by atoms with van der Waals surface area (Å²) < 4.78 is 10.3. The average molecular weight is 429 g/mol. The highest BCUT2D eigenvalue weighted by Gasteiger charge is 2.17. The number of thiazole rings is 1. The lowest BCUT2D eigenvalue weighted by Crippen LogP contribution is -2.35. The molecule has 3 aromatic rings. The van der Waals surface area contributed by atoms with Crippen LogP contribution >= 0.6 is 11.3 Å². The number of anilines is 1. The third-order valence-corrected chi connectivity index (χ3v) is 5.26. The van der Waals surface area contributed by atoms with Gasteiger partial charge in [0.25, 0.3) is 5.91 Å². The molecule has 9 heteroatoms. The standard InChI is InChI=1S/C21H24N4O4S/c1-25(2)17(14-6-4-7-16(10-14)28-3)12-22-19(26)11-15-13-30-21(23-15)24-20(27)18-8-5-9-29-18/h4-10,13,17H,11-12H2,1-3H3,(H,22,26)(H,23,24,27). The summed E-state index contributed by atoms with van der Waals surface area (Å²) >= 11 is 1.26. The van der Waals surface area contributed by atoms with Gasteiger partial charge in [0.1, 0.15) is 5.75 Å². The largest absolute Gasteiger partial charge is 0.497 e. The van der Waals surface area contributed by atoms with E-state index in [9.17, 15) is 9.59 Å². The Balaban J connectivity index is 1.54. The number of benzene rings is 1. The van der Waals surface area contributed by atoms with Gasteiger partial charge in [-0.15, -0.1) is 11.3 Å². The zero-order chi connectivity index (χ0) is 21.5. The molecule has 2 amide bonds. The highest BCUT2D eigenvalue weighted by molar-refractivity contribution is 7.14. The first kappa shape index (κ1) is 21.5. The number of carbonyl (C=O) groups is 2. The number of carbonyl (C=O) groups excluding carboxylic acids is 2. The van der Waals surface area contributed by atoms with Crippen LogP contribution in [0.15, 0.2) is 52.5 Å². The van der Waals surface area contributed by atoms with Crippen LogP contribution in [0.5, 0.6) is 5.75 Å². The lowest BCUT2D eigenvalue weighted by molar-refractivity contribution is -0.120. The van der Waals surface area contributed by atoms with E-state index in [1.54, 1.807) is 24.6 Å². The predicted octanol–water partition coefficient (Wildman–Crippen LogP) is 2.96. The molecule has 0 fully saturated rings. The summed E-state index contributed by atoms with van der Waals surface area (Å²) in [4.78, 5) is 30.8. The number of nitrogens with zero attached hydrogens (tertiary/aromatic N) is 2. The minimum Gasteiger partial charge on any atom is -0.497 e. The van der Waals surface area contributed by atoms with Crippen molar-refractivity contribution in [2.45, 2.75) is 12.5 Å². The number of rotatable bonds is 9. The Bertz CT molecular complexity index is 985. The van der Waals surface area contributed by atoms with Gasteiger partial charge >= 0.3 is 0 Å². The second-order valence-electron chi connectivity index (χ2n) is 6.81. The summed E-state index contributed by atoms with van der Waals surface area (Å²) in [5.74, 6) is 0.463. The first-order valence-corrected chi connectivity index (χ1v) is 10.2. The molecule has 158 valence electrons. The maximum absolute atomic E-state index is 12.4. The van der Waals surface area contributed by atoms with Crippen molar-refractivity contribution in [1.29, 1.82) is 0 Å². The number of furan rings is 1. The molecule has 2 heterocycles. The summed E-state index contributed by atoms with van der Waals surface area (Å²) in [5, 5.41) is 7.79. The number of methoxy groups -OCH3 is 1. The van der Waals surface area contributed by atoms with E-state index in [1.165, 1.54) is 17.6 Å². The zero-order valence-corrected chi connectivity index (χ0v) is 17.9. The molecule has 8 nitrogen and oxygen atoms in total. The molecule has 2 aromatic heterocycles. The zero-order valence-electron chi connectivity index (χ0n) is 17.0. The molecular weight excluding hydrogens is 404 g/mol. The number of aromatic nitrogens is 1. The SMILES string of the molecule is COc1cccc(C(CNC(=O)Cc2csc(NC(=O)c3ccco3)n2)N(C)C)c1. The molecule has 0 aliphatic heterocycles. The molecule has 3 rings (SSSR count). The molecule has 0 aliphatic rings. The number of ether oxygens (including phenoxy) is 1. The van der Waals surface area contributed by atoms with Gasteiger partial charge in [0, 0.05) is 11.9 Å². The van der Waals surface area contributed by atoms with Crippen LogP contribution in [0.25, 0.3) is 0 Å². The van der Waals surface area contributed by atoms with Gasteiger partial charge in [-0.3, -0.25) is 14.9 Å². The Hall–Kier alpha value is -3.17. The lowest BCUT2D eigenvalue weighted by Gasteiger charge is -2.25. The minimum absolute atomic E-state index is 0.00243. The predicted molar refractivity (Wildman–Crippen MR) is 115 cm³/mol. The van der Waals surface area contributed by atoms with Crippen molar-refractivity contribution in [3.63, 3.8) is 0 Å². The van der Waals surface area contributed by atoms with Crippen molar-refractivity contribution < 1.29 is 18.7 Å². The summed E-state index contributed by atoms with van der Waals surface area (Å²) in [6.45, 7) is 0.450. The van der Waals surface area contributed by atoms with Gasteiger partial charge < -0.3 is 19.4 Å². The average Bonchev–Trinajstić information content (AvgIpc) is 3.40. The topological polar surface area (TPSA) is 96.7 Å². The number of amides is 2. The smallest absolute Gasteiger partial charge is 0.293 e. The Labute approximate surface area is 178 Å². The van der Waals surface area contributed by atoms with Gasteiger partial charge in [-0.25, -0.2) is 4.98 Å². The lowest BCUT2D eigenvalue weighted by atomic mass is 10.1. The van der Waals surface area contributed by atoms with E-state index in [0.29, 0.717) is 17.4 Å². The van der Waals surface area contributed by atoms with Crippen LogP contribution in [0.2, 0.25) is 0 Å². The maximum atomic E-state index is 12.4. The first-order valence-electron chi connectivity index (χ1n) is 9.32. The summed E-state index contributed by atoms with van der Waals surface area (Å²) in [6.07, 6.45) is 1.56. The fraction of sp³-hybridized carbons (Fsp3) is 0.286. The third-order valence-electron chi connectivity index (χ3n) is 4.45. The van der Waals surface area contributed by atoms with Gasteiger partial charge in [0.2, 0.25) is 5.91 Å². The Morgan fingerprint density at radius 1 is 1.27 bits per heavy atom. The van der Waals surface area contributed by atoms with Gasteiger partial charge in [0.15, 0.2) is 10.9 Å². The van der Waals surface area contributed by atoms with Crippen LogP contribution in [0.1, 0.15) is 27.9 Å². The normalized spacial score (nSPS) is 11.9. The number of nitrogens with one attached hydrogen (secondary N) is 2. The van der Waals surface area contributed by atoms with Gasteiger partial charge in [-0.2, -0.15) is 0 Å².